The molecule has 0 saturated carbocycles. The molecule has 4 heterocycles. The third-order valence-corrected chi connectivity index (χ3v) is 8.31. The van der Waals surface area contributed by atoms with Crippen LogP contribution >= 0.6 is 11.3 Å². The molecule has 3 aromatic rings. The number of benzene rings is 1. The van der Waals surface area contributed by atoms with E-state index in [1.807, 2.05) is 12.3 Å². The van der Waals surface area contributed by atoms with Crippen molar-refractivity contribution in [2.45, 2.75) is 25.3 Å². The Kier molecular flexibility index (Phi) is 4.61. The number of aromatic nitrogens is 1. The van der Waals surface area contributed by atoms with Gasteiger partial charge in [-0.3, -0.25) is 13.9 Å². The number of H-pyrrole nitrogens is 1. The molecule has 1 aromatic carbocycles. The molecule has 0 radical (unpaired) electrons. The summed E-state index contributed by atoms with van der Waals surface area (Å²) in [5.74, 6) is 1.30. The Hall–Kier alpha value is -1.96. The highest BCUT2D eigenvalue weighted by Crippen LogP contribution is 2.37. The maximum Gasteiger partial charge on any atom is 0.250 e. The third-order valence-electron chi connectivity index (χ3n) is 5.92. The highest BCUT2D eigenvalue weighted by Gasteiger charge is 2.26. The number of hydrogen-bond donors (Lipinski definition) is 2. The summed E-state index contributed by atoms with van der Waals surface area (Å²) < 4.78 is 11.9. The van der Waals surface area contributed by atoms with Gasteiger partial charge in [-0.15, -0.1) is 11.3 Å². The molecule has 146 valence electrons. The van der Waals surface area contributed by atoms with Crippen LogP contribution in [0.1, 0.15) is 39.6 Å². The molecule has 5 rings (SSSR count). The molecule has 2 fully saturated rings. The monoisotopic (exact) mass is 413 g/mol. The van der Waals surface area contributed by atoms with Crippen molar-refractivity contribution in [1.82, 2.24) is 9.88 Å². The van der Waals surface area contributed by atoms with Crippen LogP contribution in [0.5, 0.6) is 0 Å². The van der Waals surface area contributed by atoms with Crippen LogP contribution in [0.2, 0.25) is 0 Å². The van der Waals surface area contributed by atoms with Gasteiger partial charge in [0.2, 0.25) is 0 Å². The molecule has 2 atom stereocenters. The van der Waals surface area contributed by atoms with Gasteiger partial charge in [0, 0.05) is 45.3 Å². The van der Waals surface area contributed by atoms with Crippen molar-refractivity contribution >= 4 is 38.9 Å². The number of hydrogen-bond acceptors (Lipinski definition) is 4. The lowest BCUT2D eigenvalue weighted by atomic mass is 9.94. The van der Waals surface area contributed by atoms with E-state index >= 15 is 0 Å². The lowest BCUT2D eigenvalue weighted by molar-refractivity contribution is 0.100. The molecule has 2 saturated heterocycles. The van der Waals surface area contributed by atoms with E-state index in [-0.39, 0.29) is 5.92 Å². The van der Waals surface area contributed by atoms with Crippen molar-refractivity contribution in [2.75, 3.05) is 24.6 Å². The number of thiophene rings is 1. The second-order valence-corrected chi connectivity index (χ2v) is 10.4. The van der Waals surface area contributed by atoms with Gasteiger partial charge in [-0.05, 0) is 72.1 Å². The van der Waals surface area contributed by atoms with Crippen LogP contribution in [-0.2, 0) is 17.3 Å². The van der Waals surface area contributed by atoms with Gasteiger partial charge in [0.15, 0.2) is 0 Å². The first kappa shape index (κ1) is 18.1. The number of nitrogens with two attached hydrogens (primary N) is 1. The van der Waals surface area contributed by atoms with Gasteiger partial charge < -0.3 is 10.7 Å². The molecule has 3 N–H and O–H groups in total. The van der Waals surface area contributed by atoms with Crippen LogP contribution in [0.25, 0.3) is 22.0 Å². The second-order valence-electron chi connectivity index (χ2n) is 7.78. The molecule has 2 aromatic heterocycles. The first-order chi connectivity index (χ1) is 13.6. The average Bonchev–Trinajstić information content (AvgIpc) is 3.36. The topological polar surface area (TPSA) is 79.2 Å². The first-order valence-electron chi connectivity index (χ1n) is 9.68. The molecular weight excluding hydrogens is 390 g/mol. The Balaban J connectivity index is 1.56. The third kappa shape index (κ3) is 3.21. The smallest absolute Gasteiger partial charge is 0.250 e. The molecule has 0 bridgehead atoms. The van der Waals surface area contributed by atoms with Crippen LogP contribution in [0.4, 0.5) is 0 Å². The van der Waals surface area contributed by atoms with Gasteiger partial charge in [0.25, 0.3) is 5.91 Å². The number of aromatic amines is 1. The standard InChI is InChI=1S/C21H23N3O2S2/c22-21(25)18-8-14(15-6-16(27-11-15)10-24-3-1-4-24)7-17-19(9-23-20(17)18)13-2-5-28(26)12-13/h6-9,11,13,23H,1-5,10,12H2,(H2,22,25). The summed E-state index contributed by atoms with van der Waals surface area (Å²) in [7, 11) is -0.742. The first-order valence-corrected chi connectivity index (χ1v) is 12.0. The van der Waals surface area contributed by atoms with Crippen molar-refractivity contribution in [1.29, 1.82) is 0 Å². The summed E-state index contributed by atoms with van der Waals surface area (Å²) in [5.41, 5.74) is 10.3. The Morgan fingerprint density at radius 1 is 1.29 bits per heavy atom. The quantitative estimate of drug-likeness (QED) is 0.672. The zero-order valence-corrected chi connectivity index (χ0v) is 17.2. The van der Waals surface area contributed by atoms with Gasteiger partial charge in [0.05, 0.1) is 11.1 Å². The number of likely N-dealkylation sites (tertiary alicyclic amines) is 1. The van der Waals surface area contributed by atoms with Crippen molar-refractivity contribution < 1.29 is 9.00 Å². The SMILES string of the molecule is NC(=O)c1cc(-c2csc(CN3CCC3)c2)cc2c(C3CCS(=O)C3)c[nH]c12. The van der Waals surface area contributed by atoms with Gasteiger partial charge in [-0.25, -0.2) is 0 Å². The Labute approximate surface area is 170 Å². The van der Waals surface area contributed by atoms with E-state index in [0.717, 1.165) is 46.3 Å². The van der Waals surface area contributed by atoms with Crippen molar-refractivity contribution in [3.05, 3.63) is 45.8 Å². The largest absolute Gasteiger partial charge is 0.366 e. The fourth-order valence-corrected chi connectivity index (χ4v) is 6.68. The minimum atomic E-state index is -0.742. The predicted octanol–water partition coefficient (Wildman–Crippen LogP) is 3.44. The summed E-state index contributed by atoms with van der Waals surface area (Å²) >= 11 is 1.77. The molecule has 28 heavy (non-hydrogen) atoms. The van der Waals surface area contributed by atoms with E-state index in [4.69, 9.17) is 5.73 Å². The maximum atomic E-state index is 12.1. The van der Waals surface area contributed by atoms with E-state index in [1.165, 1.54) is 24.4 Å². The zero-order chi connectivity index (χ0) is 19.3. The van der Waals surface area contributed by atoms with E-state index in [9.17, 15) is 9.00 Å². The predicted molar refractivity (Wildman–Crippen MR) is 115 cm³/mol. The number of carbonyl (C=O) groups excluding carboxylic acids is 1. The number of carbonyl (C=O) groups is 1. The van der Waals surface area contributed by atoms with Gasteiger partial charge in [-0.2, -0.15) is 0 Å². The Morgan fingerprint density at radius 3 is 2.82 bits per heavy atom. The van der Waals surface area contributed by atoms with Gasteiger partial charge in [-0.1, -0.05) is 0 Å². The molecule has 5 nitrogen and oxygen atoms in total. The number of rotatable bonds is 5. The average molecular weight is 414 g/mol. The van der Waals surface area contributed by atoms with E-state index in [2.05, 4.69) is 27.4 Å². The number of nitrogens with zero attached hydrogens (tertiary/aromatic N) is 1. The highest BCUT2D eigenvalue weighted by atomic mass is 32.2. The van der Waals surface area contributed by atoms with Crippen LogP contribution in [-0.4, -0.2) is 44.6 Å². The zero-order valence-electron chi connectivity index (χ0n) is 15.6. The number of fused-ring (bicyclic) bond motifs is 1. The second kappa shape index (κ2) is 7.13. The van der Waals surface area contributed by atoms with Crippen LogP contribution in [0, 0.1) is 0 Å². The van der Waals surface area contributed by atoms with Crippen LogP contribution in [0.3, 0.4) is 0 Å². The van der Waals surface area contributed by atoms with Crippen LogP contribution < -0.4 is 5.73 Å². The Morgan fingerprint density at radius 2 is 2.14 bits per heavy atom. The molecule has 0 spiro atoms. The fourth-order valence-electron chi connectivity index (χ4n) is 4.24. The number of primary amides is 1. The summed E-state index contributed by atoms with van der Waals surface area (Å²) in [4.78, 5) is 19.2. The molecular formula is C21H23N3O2S2. The number of nitrogens with one attached hydrogen (secondary N) is 1. The summed E-state index contributed by atoms with van der Waals surface area (Å²) in [6.07, 6.45) is 4.18. The summed E-state index contributed by atoms with van der Waals surface area (Å²) in [5, 5.41) is 3.20. The summed E-state index contributed by atoms with van der Waals surface area (Å²) in [6, 6.07) is 6.28. The highest BCUT2D eigenvalue weighted by molar-refractivity contribution is 7.85. The van der Waals surface area contributed by atoms with Gasteiger partial charge in [0.1, 0.15) is 0 Å². The minimum Gasteiger partial charge on any atom is -0.366 e. The van der Waals surface area contributed by atoms with E-state index in [1.54, 1.807) is 11.3 Å². The van der Waals surface area contributed by atoms with Crippen LogP contribution in [0.15, 0.2) is 29.8 Å². The molecule has 2 aliphatic rings. The normalized spacial score (nSPS) is 22.6. The molecule has 2 aliphatic heterocycles. The molecule has 1 amide bonds. The summed E-state index contributed by atoms with van der Waals surface area (Å²) in [6.45, 7) is 3.36. The fraction of sp³-hybridized carbons (Fsp3) is 0.381. The van der Waals surface area contributed by atoms with Crippen molar-refractivity contribution in [2.24, 2.45) is 5.73 Å². The lowest BCUT2D eigenvalue weighted by Gasteiger charge is -2.29. The van der Waals surface area contributed by atoms with Gasteiger partial charge >= 0.3 is 0 Å². The molecule has 0 aliphatic carbocycles. The lowest BCUT2D eigenvalue weighted by Crippen LogP contribution is -2.35. The maximum absolute atomic E-state index is 12.1. The Bertz CT molecular complexity index is 1080. The van der Waals surface area contributed by atoms with E-state index < -0.39 is 16.7 Å². The number of amides is 1. The molecule has 2 unspecified atom stereocenters. The molecule has 7 heteroatoms. The van der Waals surface area contributed by atoms with E-state index in [0.29, 0.717) is 11.3 Å². The minimum absolute atomic E-state index is 0.273. The van der Waals surface area contributed by atoms with Crippen molar-refractivity contribution in [3.8, 4) is 11.1 Å². The van der Waals surface area contributed by atoms with Crippen molar-refractivity contribution in [3.63, 3.8) is 0 Å².